The lowest BCUT2D eigenvalue weighted by Gasteiger charge is -2.34. The van der Waals surface area contributed by atoms with Crippen molar-refractivity contribution in [2.24, 2.45) is 11.1 Å². The molecular weight excluding hydrogens is 349 g/mol. The first-order chi connectivity index (χ1) is 10.8. The summed E-state index contributed by atoms with van der Waals surface area (Å²) in [7, 11) is 0. The number of anilines is 1. The van der Waals surface area contributed by atoms with Crippen LogP contribution in [0.1, 0.15) is 12.8 Å². The standard InChI is InChI=1S/C15H19F3N2O3.ClH/c16-15(17,18)10-23-12-3-1-11(2-4-12)20-13(21)14(9-19)5-7-22-8-6-14;/h1-4H,5-10,19H2,(H,20,21);1H. The van der Waals surface area contributed by atoms with Crippen molar-refractivity contribution in [3.8, 4) is 5.75 Å². The second-order valence-corrected chi connectivity index (χ2v) is 5.48. The Labute approximate surface area is 144 Å². The third-order valence-corrected chi connectivity index (χ3v) is 3.84. The largest absolute Gasteiger partial charge is 0.484 e. The van der Waals surface area contributed by atoms with Crippen molar-refractivity contribution in [2.45, 2.75) is 19.0 Å². The highest BCUT2D eigenvalue weighted by molar-refractivity contribution is 5.95. The molecule has 136 valence electrons. The molecule has 0 aromatic heterocycles. The molecule has 5 nitrogen and oxygen atoms in total. The van der Waals surface area contributed by atoms with Gasteiger partial charge in [-0.15, -0.1) is 12.4 Å². The molecule has 0 unspecified atom stereocenters. The number of carbonyl (C=O) groups is 1. The number of ether oxygens (including phenoxy) is 2. The van der Waals surface area contributed by atoms with E-state index in [1.165, 1.54) is 24.3 Å². The van der Waals surface area contributed by atoms with Gasteiger partial charge in [-0.1, -0.05) is 0 Å². The third-order valence-electron chi connectivity index (χ3n) is 3.84. The minimum Gasteiger partial charge on any atom is -0.484 e. The van der Waals surface area contributed by atoms with E-state index in [2.05, 4.69) is 10.1 Å². The first-order valence-electron chi connectivity index (χ1n) is 7.24. The van der Waals surface area contributed by atoms with Crippen LogP contribution in [0.15, 0.2) is 24.3 Å². The Bertz CT molecular complexity index is 532. The number of hydrogen-bond donors (Lipinski definition) is 2. The van der Waals surface area contributed by atoms with Gasteiger partial charge in [0.15, 0.2) is 6.61 Å². The van der Waals surface area contributed by atoms with E-state index in [4.69, 9.17) is 10.5 Å². The lowest BCUT2D eigenvalue weighted by molar-refractivity contribution is -0.153. The zero-order chi connectivity index (χ0) is 16.9. The smallest absolute Gasteiger partial charge is 0.422 e. The molecule has 1 aromatic carbocycles. The summed E-state index contributed by atoms with van der Waals surface area (Å²) in [6.45, 7) is -0.173. The molecule has 1 saturated heterocycles. The van der Waals surface area contributed by atoms with Crippen molar-refractivity contribution in [2.75, 3.05) is 31.7 Å². The van der Waals surface area contributed by atoms with E-state index in [9.17, 15) is 18.0 Å². The van der Waals surface area contributed by atoms with Gasteiger partial charge in [-0.05, 0) is 37.1 Å². The summed E-state index contributed by atoms with van der Waals surface area (Å²) in [4.78, 5) is 12.4. The van der Waals surface area contributed by atoms with Crippen LogP contribution in [0, 0.1) is 5.41 Å². The number of amides is 1. The van der Waals surface area contributed by atoms with Crippen molar-refractivity contribution in [3.63, 3.8) is 0 Å². The Hall–Kier alpha value is -1.51. The molecule has 1 fully saturated rings. The average molecular weight is 369 g/mol. The topological polar surface area (TPSA) is 73.6 Å². The highest BCUT2D eigenvalue weighted by Crippen LogP contribution is 2.31. The molecule has 2 rings (SSSR count). The molecule has 0 bridgehead atoms. The van der Waals surface area contributed by atoms with Crippen LogP contribution in [0.25, 0.3) is 0 Å². The van der Waals surface area contributed by atoms with Gasteiger partial charge in [0, 0.05) is 25.4 Å². The summed E-state index contributed by atoms with van der Waals surface area (Å²) >= 11 is 0. The Morgan fingerprint density at radius 1 is 1.25 bits per heavy atom. The van der Waals surface area contributed by atoms with Crippen LogP contribution in [0.5, 0.6) is 5.75 Å². The van der Waals surface area contributed by atoms with Crippen LogP contribution in [0.4, 0.5) is 18.9 Å². The quantitative estimate of drug-likeness (QED) is 0.838. The van der Waals surface area contributed by atoms with Crippen LogP contribution >= 0.6 is 12.4 Å². The van der Waals surface area contributed by atoms with Gasteiger partial charge in [-0.2, -0.15) is 13.2 Å². The first kappa shape index (κ1) is 20.5. The van der Waals surface area contributed by atoms with E-state index in [1.807, 2.05) is 0 Å². The average Bonchev–Trinajstić information content (AvgIpc) is 2.54. The van der Waals surface area contributed by atoms with Crippen molar-refractivity contribution >= 4 is 24.0 Å². The monoisotopic (exact) mass is 368 g/mol. The molecule has 0 spiro atoms. The highest BCUT2D eigenvalue weighted by atomic mass is 35.5. The fraction of sp³-hybridized carbons (Fsp3) is 0.533. The lowest BCUT2D eigenvalue weighted by atomic mass is 9.79. The Morgan fingerprint density at radius 3 is 2.33 bits per heavy atom. The zero-order valence-corrected chi connectivity index (χ0v) is 13.7. The summed E-state index contributed by atoms with van der Waals surface area (Å²) in [5.41, 5.74) is 5.57. The molecule has 0 radical (unpaired) electrons. The van der Waals surface area contributed by atoms with Crippen LogP contribution in [-0.4, -0.2) is 38.4 Å². The maximum atomic E-state index is 12.4. The van der Waals surface area contributed by atoms with E-state index in [-0.39, 0.29) is 30.6 Å². The fourth-order valence-electron chi connectivity index (χ4n) is 2.35. The number of alkyl halides is 3. The minimum atomic E-state index is -4.39. The Balaban J connectivity index is 0.00000288. The van der Waals surface area contributed by atoms with Crippen LogP contribution in [0.2, 0.25) is 0 Å². The maximum absolute atomic E-state index is 12.4. The van der Waals surface area contributed by atoms with Gasteiger partial charge in [0.25, 0.3) is 0 Å². The van der Waals surface area contributed by atoms with Gasteiger partial charge < -0.3 is 20.5 Å². The van der Waals surface area contributed by atoms with E-state index in [1.54, 1.807) is 0 Å². The zero-order valence-electron chi connectivity index (χ0n) is 12.9. The summed E-state index contributed by atoms with van der Waals surface area (Å²) in [5, 5.41) is 2.75. The fourth-order valence-corrected chi connectivity index (χ4v) is 2.35. The molecule has 1 amide bonds. The molecule has 24 heavy (non-hydrogen) atoms. The molecule has 0 aliphatic carbocycles. The van der Waals surface area contributed by atoms with Gasteiger partial charge in [0.05, 0.1) is 5.41 Å². The number of benzene rings is 1. The summed E-state index contributed by atoms with van der Waals surface area (Å²) in [5.74, 6) is -0.118. The summed E-state index contributed by atoms with van der Waals surface area (Å²) in [6, 6.07) is 5.74. The van der Waals surface area contributed by atoms with Crippen LogP contribution in [0.3, 0.4) is 0 Å². The summed E-state index contributed by atoms with van der Waals surface area (Å²) < 4.78 is 46.1. The van der Waals surface area contributed by atoms with E-state index in [0.29, 0.717) is 31.7 Å². The second kappa shape index (κ2) is 8.55. The number of nitrogens with one attached hydrogen (secondary N) is 1. The maximum Gasteiger partial charge on any atom is 0.422 e. The Morgan fingerprint density at radius 2 is 1.83 bits per heavy atom. The van der Waals surface area contributed by atoms with Crippen molar-refractivity contribution in [1.29, 1.82) is 0 Å². The SMILES string of the molecule is Cl.NCC1(C(=O)Nc2ccc(OCC(F)(F)F)cc2)CCOCC1. The normalized spacial score (nSPS) is 16.8. The molecule has 9 heteroatoms. The number of rotatable bonds is 5. The van der Waals surface area contributed by atoms with Crippen molar-refractivity contribution in [3.05, 3.63) is 24.3 Å². The van der Waals surface area contributed by atoms with Crippen LogP contribution < -0.4 is 15.8 Å². The van der Waals surface area contributed by atoms with Crippen LogP contribution in [-0.2, 0) is 9.53 Å². The lowest BCUT2D eigenvalue weighted by Crippen LogP contribution is -2.46. The van der Waals surface area contributed by atoms with Crippen molar-refractivity contribution in [1.82, 2.24) is 0 Å². The molecule has 1 aromatic rings. The number of nitrogens with two attached hydrogens (primary N) is 1. The molecule has 1 aliphatic heterocycles. The molecular formula is C15H20ClF3N2O3. The number of halogens is 4. The highest BCUT2D eigenvalue weighted by Gasteiger charge is 2.38. The minimum absolute atomic E-state index is 0. The molecule has 1 heterocycles. The number of carbonyl (C=O) groups excluding carboxylic acids is 1. The number of hydrogen-bond acceptors (Lipinski definition) is 4. The first-order valence-corrected chi connectivity index (χ1v) is 7.24. The third kappa shape index (κ3) is 5.54. The predicted molar refractivity (Wildman–Crippen MR) is 85.4 cm³/mol. The van der Waals surface area contributed by atoms with E-state index in [0.717, 1.165) is 0 Å². The molecule has 0 saturated carbocycles. The van der Waals surface area contributed by atoms with Gasteiger partial charge in [-0.25, -0.2) is 0 Å². The second-order valence-electron chi connectivity index (χ2n) is 5.48. The summed E-state index contributed by atoms with van der Waals surface area (Å²) in [6.07, 6.45) is -3.30. The van der Waals surface area contributed by atoms with E-state index < -0.39 is 18.2 Å². The predicted octanol–water partition coefficient (Wildman–Crippen LogP) is 2.74. The van der Waals surface area contributed by atoms with Gasteiger partial charge >= 0.3 is 6.18 Å². The van der Waals surface area contributed by atoms with Crippen molar-refractivity contribution < 1.29 is 27.4 Å². The van der Waals surface area contributed by atoms with Gasteiger partial charge in [0.2, 0.25) is 5.91 Å². The molecule has 3 N–H and O–H groups in total. The van der Waals surface area contributed by atoms with Gasteiger partial charge in [-0.3, -0.25) is 4.79 Å². The molecule has 1 aliphatic rings. The van der Waals surface area contributed by atoms with Gasteiger partial charge in [0.1, 0.15) is 5.75 Å². The molecule has 0 atom stereocenters. The van der Waals surface area contributed by atoms with E-state index >= 15 is 0 Å². The Kier molecular flexibility index (Phi) is 7.31.